The third kappa shape index (κ3) is 4.43. The number of carboxylic acid groups (broad SMARTS) is 1. The summed E-state index contributed by atoms with van der Waals surface area (Å²) in [7, 11) is -4.12. The van der Waals surface area contributed by atoms with E-state index in [2.05, 4.69) is 4.72 Å². The summed E-state index contributed by atoms with van der Waals surface area (Å²) < 4.78 is 62.8. The first-order valence-electron chi connectivity index (χ1n) is 5.86. The van der Waals surface area contributed by atoms with E-state index in [0.717, 1.165) is 31.2 Å². The highest BCUT2D eigenvalue weighted by atomic mass is 32.2. The van der Waals surface area contributed by atoms with Crippen molar-refractivity contribution >= 4 is 16.0 Å². The summed E-state index contributed by atoms with van der Waals surface area (Å²) in [4.78, 5) is 10.7. The lowest BCUT2D eigenvalue weighted by atomic mass is 10.1. The van der Waals surface area contributed by atoms with Gasteiger partial charge in [0.15, 0.2) is 5.25 Å². The topological polar surface area (TPSA) is 83.5 Å². The fourth-order valence-electron chi connectivity index (χ4n) is 1.51. The quantitative estimate of drug-likeness (QED) is 0.869. The van der Waals surface area contributed by atoms with E-state index in [0.29, 0.717) is 5.56 Å². The van der Waals surface area contributed by atoms with Crippen molar-refractivity contribution < 1.29 is 31.5 Å². The van der Waals surface area contributed by atoms with Gasteiger partial charge in [-0.2, -0.15) is 13.2 Å². The van der Waals surface area contributed by atoms with Crippen LogP contribution in [0.5, 0.6) is 0 Å². The predicted molar refractivity (Wildman–Crippen MR) is 69.0 cm³/mol. The molecule has 1 aromatic carbocycles. The van der Waals surface area contributed by atoms with E-state index in [1.807, 2.05) is 0 Å². The molecule has 5 nitrogen and oxygen atoms in total. The number of rotatable bonds is 5. The average molecular weight is 325 g/mol. The Morgan fingerprint density at radius 3 is 2.05 bits per heavy atom. The molecule has 2 N–H and O–H groups in total. The molecule has 2 atom stereocenters. The second-order valence-electron chi connectivity index (χ2n) is 4.48. The van der Waals surface area contributed by atoms with Crippen LogP contribution in [0.4, 0.5) is 13.2 Å². The molecule has 0 spiro atoms. The van der Waals surface area contributed by atoms with Crippen LogP contribution in [-0.4, -0.2) is 24.7 Å². The molecule has 0 aliphatic rings. The third-order valence-corrected chi connectivity index (χ3v) is 4.71. The summed E-state index contributed by atoms with van der Waals surface area (Å²) in [5.74, 6) is -1.51. The minimum absolute atomic E-state index is 0.296. The Bertz CT molecular complexity index is 610. The van der Waals surface area contributed by atoms with Crippen molar-refractivity contribution in [3.63, 3.8) is 0 Å². The Balaban J connectivity index is 2.90. The lowest BCUT2D eigenvalue weighted by Crippen LogP contribution is -2.38. The highest BCUT2D eigenvalue weighted by Gasteiger charge is 2.31. The van der Waals surface area contributed by atoms with Crippen LogP contribution < -0.4 is 4.72 Å². The van der Waals surface area contributed by atoms with Gasteiger partial charge in [0, 0.05) is 6.04 Å². The maximum atomic E-state index is 12.4. The minimum atomic E-state index is -4.47. The molecule has 0 fully saturated rings. The Labute approximate surface area is 119 Å². The highest BCUT2D eigenvalue weighted by molar-refractivity contribution is 7.90. The SMILES string of the molecule is CC(NS(=O)(=O)C(C)C(=O)O)c1ccc(C(F)(F)F)cc1. The summed E-state index contributed by atoms with van der Waals surface area (Å²) in [6.07, 6.45) is -4.47. The van der Waals surface area contributed by atoms with Crippen molar-refractivity contribution in [3.05, 3.63) is 35.4 Å². The lowest BCUT2D eigenvalue weighted by molar-refractivity contribution is -0.138. The number of nitrogens with one attached hydrogen (secondary N) is 1. The van der Waals surface area contributed by atoms with Crippen molar-refractivity contribution in [2.45, 2.75) is 31.3 Å². The lowest BCUT2D eigenvalue weighted by Gasteiger charge is -2.17. The van der Waals surface area contributed by atoms with Crippen molar-refractivity contribution in [2.75, 3.05) is 0 Å². The number of carbonyl (C=O) groups is 1. The van der Waals surface area contributed by atoms with Gasteiger partial charge < -0.3 is 5.11 Å². The Morgan fingerprint density at radius 2 is 1.67 bits per heavy atom. The molecule has 1 rings (SSSR count). The number of alkyl halides is 3. The molecule has 0 radical (unpaired) electrons. The maximum Gasteiger partial charge on any atom is 0.416 e. The van der Waals surface area contributed by atoms with Gasteiger partial charge in [0.1, 0.15) is 0 Å². The van der Waals surface area contributed by atoms with Crippen LogP contribution in [-0.2, 0) is 21.0 Å². The first kappa shape index (κ1) is 17.4. The van der Waals surface area contributed by atoms with Crippen LogP contribution in [0.25, 0.3) is 0 Å². The van der Waals surface area contributed by atoms with E-state index in [-0.39, 0.29) is 0 Å². The molecule has 0 heterocycles. The summed E-state index contributed by atoms with van der Waals surface area (Å²) >= 11 is 0. The van der Waals surface area contributed by atoms with Gasteiger partial charge in [-0.15, -0.1) is 0 Å². The molecule has 0 bridgehead atoms. The smallest absolute Gasteiger partial charge is 0.416 e. The standard InChI is InChI=1S/C12H14F3NO4S/c1-7(16-21(19,20)8(2)11(17)18)9-3-5-10(6-4-9)12(13,14)15/h3-8,16H,1-2H3,(H,17,18). The second kappa shape index (κ2) is 6.02. The Morgan fingerprint density at radius 1 is 1.19 bits per heavy atom. The number of hydrogen-bond donors (Lipinski definition) is 2. The predicted octanol–water partition coefficient (Wildman–Crippen LogP) is 2.16. The normalized spacial score (nSPS) is 15.5. The fourth-order valence-corrected chi connectivity index (χ4v) is 2.61. The number of hydrogen-bond acceptors (Lipinski definition) is 3. The van der Waals surface area contributed by atoms with E-state index in [4.69, 9.17) is 5.11 Å². The van der Waals surface area contributed by atoms with Crippen LogP contribution in [0.15, 0.2) is 24.3 Å². The van der Waals surface area contributed by atoms with Crippen LogP contribution in [0, 0.1) is 0 Å². The molecule has 0 saturated carbocycles. The number of sulfonamides is 1. The number of benzene rings is 1. The van der Waals surface area contributed by atoms with Crippen LogP contribution >= 0.6 is 0 Å². The summed E-state index contributed by atoms with van der Waals surface area (Å²) in [6.45, 7) is 2.42. The van der Waals surface area contributed by atoms with E-state index >= 15 is 0 Å². The van der Waals surface area contributed by atoms with E-state index < -0.39 is 39.0 Å². The minimum Gasteiger partial charge on any atom is -0.480 e. The maximum absolute atomic E-state index is 12.4. The monoisotopic (exact) mass is 325 g/mol. The van der Waals surface area contributed by atoms with Gasteiger partial charge in [-0.05, 0) is 31.5 Å². The number of carboxylic acids is 1. The van der Waals surface area contributed by atoms with Gasteiger partial charge in [-0.3, -0.25) is 4.79 Å². The first-order chi connectivity index (χ1) is 9.45. The summed E-state index contributed by atoms with van der Waals surface area (Å²) in [5, 5.41) is 7.02. The molecule has 21 heavy (non-hydrogen) atoms. The molecular formula is C12H14F3NO4S. The van der Waals surface area contributed by atoms with Gasteiger partial charge in [-0.1, -0.05) is 12.1 Å². The van der Waals surface area contributed by atoms with Crippen molar-refractivity contribution in [3.8, 4) is 0 Å². The zero-order valence-electron chi connectivity index (χ0n) is 11.2. The van der Waals surface area contributed by atoms with Crippen molar-refractivity contribution in [1.29, 1.82) is 0 Å². The highest BCUT2D eigenvalue weighted by Crippen LogP contribution is 2.30. The fraction of sp³-hybridized carbons (Fsp3) is 0.417. The zero-order valence-corrected chi connectivity index (χ0v) is 12.0. The molecule has 0 aliphatic carbocycles. The first-order valence-corrected chi connectivity index (χ1v) is 7.41. The second-order valence-corrected chi connectivity index (χ2v) is 6.52. The van der Waals surface area contributed by atoms with Gasteiger partial charge in [0.05, 0.1) is 5.56 Å². The van der Waals surface area contributed by atoms with Crippen LogP contribution in [0.3, 0.4) is 0 Å². The van der Waals surface area contributed by atoms with E-state index in [1.54, 1.807) is 0 Å². The van der Waals surface area contributed by atoms with E-state index in [9.17, 15) is 26.4 Å². The molecule has 0 amide bonds. The van der Waals surface area contributed by atoms with Crippen molar-refractivity contribution in [1.82, 2.24) is 4.72 Å². The average Bonchev–Trinajstić information content (AvgIpc) is 2.36. The van der Waals surface area contributed by atoms with Gasteiger partial charge in [-0.25, -0.2) is 13.1 Å². The molecule has 0 aromatic heterocycles. The van der Waals surface area contributed by atoms with Gasteiger partial charge in [0.2, 0.25) is 10.0 Å². The molecule has 2 unspecified atom stereocenters. The molecule has 118 valence electrons. The summed E-state index contributed by atoms with van der Waals surface area (Å²) in [5.41, 5.74) is -0.552. The Kier molecular flexibility index (Phi) is 5.00. The van der Waals surface area contributed by atoms with E-state index in [1.165, 1.54) is 6.92 Å². The van der Waals surface area contributed by atoms with Crippen LogP contribution in [0.1, 0.15) is 31.0 Å². The van der Waals surface area contributed by atoms with Gasteiger partial charge >= 0.3 is 12.1 Å². The molecule has 0 aliphatic heterocycles. The summed E-state index contributed by atoms with van der Waals surface area (Å²) in [6, 6.07) is 3.10. The third-order valence-electron chi connectivity index (χ3n) is 2.89. The molecule has 1 aromatic rings. The Hall–Kier alpha value is -1.61. The van der Waals surface area contributed by atoms with Gasteiger partial charge in [0.25, 0.3) is 0 Å². The van der Waals surface area contributed by atoms with Crippen molar-refractivity contribution in [2.24, 2.45) is 0 Å². The van der Waals surface area contributed by atoms with Crippen LogP contribution in [0.2, 0.25) is 0 Å². The molecular weight excluding hydrogens is 311 g/mol. The molecule has 0 saturated heterocycles. The number of aliphatic carboxylic acids is 1. The molecule has 9 heteroatoms. The largest absolute Gasteiger partial charge is 0.480 e. The number of halogens is 3. The zero-order chi connectivity index (χ0) is 16.4.